The first-order valence-corrected chi connectivity index (χ1v) is 4.29. The molecule has 0 radical (unpaired) electrons. The summed E-state index contributed by atoms with van der Waals surface area (Å²) in [6.45, 7) is 6.19. The minimum atomic E-state index is -0.0330. The van der Waals surface area contributed by atoms with Gasteiger partial charge in [-0.2, -0.15) is 0 Å². The Hall–Kier alpha value is -0.370. The number of rotatable bonds is 5. The summed E-state index contributed by atoms with van der Waals surface area (Å²) in [6.07, 6.45) is 2.65. The topological polar surface area (TPSA) is 44.1 Å². The molecule has 0 aromatic heterocycles. The second kappa shape index (κ2) is 4.50. The van der Waals surface area contributed by atoms with Crippen LogP contribution in [0.25, 0.3) is 0 Å². The van der Waals surface area contributed by atoms with Gasteiger partial charge in [-0.1, -0.05) is 13.8 Å². The molecule has 0 aliphatic rings. The van der Waals surface area contributed by atoms with Crippen LogP contribution in [0, 0.1) is 10.8 Å². The van der Waals surface area contributed by atoms with E-state index in [4.69, 9.17) is 10.5 Å². The first kappa shape index (κ1) is 10.6. The highest BCUT2D eigenvalue weighted by atomic mass is 16.3. The normalized spacial score (nSPS) is 11.6. The molecule has 0 saturated heterocycles. The second-order valence-electron chi connectivity index (χ2n) is 3.09. The van der Waals surface area contributed by atoms with Crippen molar-refractivity contribution in [3.63, 3.8) is 0 Å². The van der Waals surface area contributed by atoms with Gasteiger partial charge in [0.05, 0.1) is 0 Å². The molecule has 11 heavy (non-hydrogen) atoms. The summed E-state index contributed by atoms with van der Waals surface area (Å²) in [5, 5.41) is 16.4. The van der Waals surface area contributed by atoms with E-state index in [1.165, 1.54) is 0 Å². The third kappa shape index (κ3) is 2.29. The van der Waals surface area contributed by atoms with Gasteiger partial charge < -0.3 is 10.5 Å². The molecular weight excluding hydrogens is 138 g/mol. The molecule has 0 atom stereocenters. The van der Waals surface area contributed by atoms with Gasteiger partial charge in [-0.3, -0.25) is 0 Å². The molecule has 0 unspecified atom stereocenters. The minimum Gasteiger partial charge on any atom is -0.396 e. The summed E-state index contributed by atoms with van der Waals surface area (Å²) in [6, 6.07) is 0. The molecule has 2 heteroatoms. The van der Waals surface area contributed by atoms with Crippen molar-refractivity contribution < 1.29 is 5.11 Å². The Morgan fingerprint density at radius 2 is 1.82 bits per heavy atom. The maximum Gasteiger partial charge on any atom is 0.0439 e. The third-order valence-corrected chi connectivity index (χ3v) is 2.74. The van der Waals surface area contributed by atoms with E-state index in [-0.39, 0.29) is 12.0 Å². The van der Waals surface area contributed by atoms with Crippen LogP contribution >= 0.6 is 0 Å². The van der Waals surface area contributed by atoms with Gasteiger partial charge in [0, 0.05) is 17.7 Å². The van der Waals surface area contributed by atoms with Gasteiger partial charge in [-0.05, 0) is 26.2 Å². The van der Waals surface area contributed by atoms with Crippen LogP contribution in [0.15, 0.2) is 0 Å². The predicted octanol–water partition coefficient (Wildman–Crippen LogP) is 2.21. The second-order valence-corrected chi connectivity index (χ2v) is 3.09. The van der Waals surface area contributed by atoms with Crippen molar-refractivity contribution in [1.29, 1.82) is 5.41 Å². The number of aliphatic hydroxyl groups excluding tert-OH is 1. The first-order chi connectivity index (χ1) is 5.13. The van der Waals surface area contributed by atoms with Crippen LogP contribution in [0.3, 0.4) is 0 Å². The quantitative estimate of drug-likeness (QED) is 0.590. The molecule has 0 fully saturated rings. The molecule has 0 bridgehead atoms. The largest absolute Gasteiger partial charge is 0.396 e. The third-order valence-electron chi connectivity index (χ3n) is 2.74. The molecule has 2 nitrogen and oxygen atoms in total. The van der Waals surface area contributed by atoms with Crippen LogP contribution in [-0.4, -0.2) is 17.4 Å². The van der Waals surface area contributed by atoms with Gasteiger partial charge in [-0.25, -0.2) is 0 Å². The molecule has 0 aromatic carbocycles. The summed E-state index contributed by atoms with van der Waals surface area (Å²) < 4.78 is 0. The number of hydrogen-bond donors (Lipinski definition) is 2. The Balaban J connectivity index is 4.32. The molecule has 0 rings (SSSR count). The van der Waals surface area contributed by atoms with Crippen molar-refractivity contribution in [2.75, 3.05) is 6.61 Å². The summed E-state index contributed by atoms with van der Waals surface area (Å²) in [5.74, 6) is 0. The minimum absolute atomic E-state index is 0.0330. The molecule has 0 heterocycles. The molecule has 0 saturated carbocycles. The zero-order valence-electron chi connectivity index (χ0n) is 7.78. The zero-order chi connectivity index (χ0) is 8.91. The lowest BCUT2D eigenvalue weighted by Gasteiger charge is -2.30. The van der Waals surface area contributed by atoms with E-state index in [0.29, 0.717) is 5.71 Å². The van der Waals surface area contributed by atoms with Crippen LogP contribution in [-0.2, 0) is 0 Å². The van der Waals surface area contributed by atoms with Crippen LogP contribution in [0.4, 0.5) is 0 Å². The van der Waals surface area contributed by atoms with Gasteiger partial charge in [0.15, 0.2) is 0 Å². The first-order valence-electron chi connectivity index (χ1n) is 4.29. The van der Waals surface area contributed by atoms with Crippen LogP contribution in [0.2, 0.25) is 0 Å². The Kier molecular flexibility index (Phi) is 4.34. The van der Waals surface area contributed by atoms with Crippen molar-refractivity contribution in [3.05, 3.63) is 0 Å². The van der Waals surface area contributed by atoms with Crippen molar-refractivity contribution >= 4 is 5.71 Å². The maximum atomic E-state index is 8.82. The van der Waals surface area contributed by atoms with Gasteiger partial charge in [0.25, 0.3) is 0 Å². The fourth-order valence-corrected chi connectivity index (χ4v) is 1.54. The van der Waals surface area contributed by atoms with Crippen LogP contribution in [0.1, 0.15) is 40.0 Å². The fourth-order valence-electron chi connectivity index (χ4n) is 1.54. The molecule has 0 spiro atoms. The van der Waals surface area contributed by atoms with Crippen molar-refractivity contribution in [2.24, 2.45) is 5.41 Å². The highest BCUT2D eigenvalue weighted by Crippen LogP contribution is 2.31. The van der Waals surface area contributed by atoms with Crippen molar-refractivity contribution in [3.8, 4) is 0 Å². The van der Waals surface area contributed by atoms with Crippen molar-refractivity contribution in [1.82, 2.24) is 0 Å². The average Bonchev–Trinajstić information content (AvgIpc) is 2.00. The van der Waals surface area contributed by atoms with Gasteiger partial charge in [0.1, 0.15) is 0 Å². The zero-order valence-corrected chi connectivity index (χ0v) is 7.78. The standard InChI is InChI=1S/C9H19NO/c1-4-9(5-2,6-7-11)8(3)10/h10-11H,4-7H2,1-3H3. The van der Waals surface area contributed by atoms with E-state index < -0.39 is 0 Å². The number of aliphatic hydroxyl groups is 1. The molecule has 0 amide bonds. The number of nitrogens with one attached hydrogen (secondary N) is 1. The van der Waals surface area contributed by atoms with Gasteiger partial charge in [-0.15, -0.1) is 0 Å². The lowest BCUT2D eigenvalue weighted by Crippen LogP contribution is -2.28. The highest BCUT2D eigenvalue weighted by molar-refractivity contribution is 5.84. The lowest BCUT2D eigenvalue weighted by atomic mass is 9.76. The Morgan fingerprint density at radius 3 is 1.91 bits per heavy atom. The molecule has 0 aromatic rings. The Bertz CT molecular complexity index is 128. The monoisotopic (exact) mass is 157 g/mol. The van der Waals surface area contributed by atoms with E-state index in [1.807, 2.05) is 6.92 Å². The van der Waals surface area contributed by atoms with Crippen LogP contribution < -0.4 is 0 Å². The molecular formula is C9H19NO. The van der Waals surface area contributed by atoms with Crippen LogP contribution in [0.5, 0.6) is 0 Å². The van der Waals surface area contributed by atoms with E-state index in [9.17, 15) is 0 Å². The molecule has 2 N–H and O–H groups in total. The predicted molar refractivity (Wildman–Crippen MR) is 48.1 cm³/mol. The SMILES string of the molecule is CCC(CC)(CCO)C(C)=N. The van der Waals surface area contributed by atoms with Gasteiger partial charge >= 0.3 is 0 Å². The van der Waals surface area contributed by atoms with E-state index >= 15 is 0 Å². The lowest BCUT2D eigenvalue weighted by molar-refractivity contribution is 0.222. The summed E-state index contributed by atoms with van der Waals surface area (Å²) in [5.41, 5.74) is 0.672. The average molecular weight is 157 g/mol. The fraction of sp³-hybridized carbons (Fsp3) is 0.889. The highest BCUT2D eigenvalue weighted by Gasteiger charge is 2.27. The summed E-state index contributed by atoms with van der Waals surface area (Å²) in [4.78, 5) is 0. The molecule has 0 aliphatic heterocycles. The van der Waals surface area contributed by atoms with Crippen molar-refractivity contribution in [2.45, 2.75) is 40.0 Å². The summed E-state index contributed by atoms with van der Waals surface area (Å²) >= 11 is 0. The Labute approximate surface area is 69.1 Å². The molecule has 66 valence electrons. The van der Waals surface area contributed by atoms with E-state index in [1.54, 1.807) is 0 Å². The molecule has 0 aliphatic carbocycles. The smallest absolute Gasteiger partial charge is 0.0439 e. The Morgan fingerprint density at radius 1 is 1.36 bits per heavy atom. The maximum absolute atomic E-state index is 8.82. The van der Waals surface area contributed by atoms with E-state index in [2.05, 4.69) is 13.8 Å². The van der Waals surface area contributed by atoms with E-state index in [0.717, 1.165) is 19.3 Å². The number of hydrogen-bond acceptors (Lipinski definition) is 2. The van der Waals surface area contributed by atoms with Gasteiger partial charge in [0.2, 0.25) is 0 Å². The summed E-state index contributed by atoms with van der Waals surface area (Å²) in [7, 11) is 0.